The van der Waals surface area contributed by atoms with Gasteiger partial charge in [-0.1, -0.05) is 37.2 Å². The number of anilines is 1. The van der Waals surface area contributed by atoms with E-state index in [0.29, 0.717) is 12.8 Å². The van der Waals surface area contributed by atoms with E-state index in [9.17, 15) is 26.4 Å². The van der Waals surface area contributed by atoms with Crippen molar-refractivity contribution in [3.63, 3.8) is 0 Å². The second kappa shape index (κ2) is 8.11. The summed E-state index contributed by atoms with van der Waals surface area (Å²) in [6.45, 7) is 3.73. The quantitative estimate of drug-likeness (QED) is 0.655. The van der Waals surface area contributed by atoms with Crippen molar-refractivity contribution in [2.24, 2.45) is 10.9 Å². The fraction of sp³-hybridized carbons (Fsp3) is 0.556. The Kier molecular flexibility index (Phi) is 6.27. The van der Waals surface area contributed by atoms with Gasteiger partial charge in [0, 0.05) is 16.9 Å². The van der Waals surface area contributed by atoms with Crippen molar-refractivity contribution in [2.75, 3.05) is 16.4 Å². The number of rotatable bonds is 4. The Morgan fingerprint density at radius 3 is 2.55 bits per heavy atom. The fourth-order valence-electron chi connectivity index (χ4n) is 3.57. The first-order chi connectivity index (χ1) is 13.5. The SMILES string of the molecule is CCC(CC)C(=O)N=C1SC2CS(=O)(=O)CC2N1c1ccc(Cl)c(C(F)(F)F)c1. The lowest BCUT2D eigenvalue weighted by atomic mass is 10.0. The van der Waals surface area contributed by atoms with Gasteiger partial charge < -0.3 is 4.90 Å². The van der Waals surface area contributed by atoms with Crippen LogP contribution in [0.3, 0.4) is 0 Å². The Hall–Kier alpha value is -1.26. The average Bonchev–Trinajstić information content (AvgIpc) is 3.06. The summed E-state index contributed by atoms with van der Waals surface area (Å²) in [7, 11) is -3.32. The van der Waals surface area contributed by atoms with Crippen LogP contribution in [0.1, 0.15) is 32.3 Å². The van der Waals surface area contributed by atoms with Crippen molar-refractivity contribution >= 4 is 50.0 Å². The largest absolute Gasteiger partial charge is 0.417 e. The molecule has 0 aromatic heterocycles. The minimum absolute atomic E-state index is 0.100. The van der Waals surface area contributed by atoms with E-state index in [-0.39, 0.29) is 34.2 Å². The van der Waals surface area contributed by atoms with Gasteiger partial charge in [-0.25, -0.2) is 8.42 Å². The summed E-state index contributed by atoms with van der Waals surface area (Å²) in [4.78, 5) is 18.1. The van der Waals surface area contributed by atoms with E-state index >= 15 is 0 Å². The standard InChI is InChI=1S/C18H20ClF3N2O3S2/c1-3-10(4-2)16(25)23-17-24(14-8-29(26,27)9-15(14)28-17)11-5-6-13(19)12(7-11)18(20,21)22/h5-7,10,14-15H,3-4,8-9H2,1-2H3. The third-order valence-corrected chi connectivity index (χ3v) is 8.68. The van der Waals surface area contributed by atoms with Crippen molar-refractivity contribution < 1.29 is 26.4 Å². The van der Waals surface area contributed by atoms with E-state index in [1.54, 1.807) is 0 Å². The molecule has 2 atom stereocenters. The molecule has 2 fully saturated rings. The van der Waals surface area contributed by atoms with E-state index < -0.39 is 37.9 Å². The Bertz CT molecular complexity index is 946. The minimum atomic E-state index is -4.66. The Labute approximate surface area is 176 Å². The molecule has 0 bridgehead atoms. The summed E-state index contributed by atoms with van der Waals surface area (Å²) in [5.74, 6) is -0.941. The summed E-state index contributed by atoms with van der Waals surface area (Å²) in [6, 6.07) is 2.82. The van der Waals surface area contributed by atoms with Gasteiger partial charge >= 0.3 is 6.18 Å². The number of amidine groups is 1. The molecule has 5 nitrogen and oxygen atoms in total. The summed E-state index contributed by atoms with van der Waals surface area (Å²) < 4.78 is 64.1. The van der Waals surface area contributed by atoms with E-state index in [0.717, 1.165) is 23.9 Å². The van der Waals surface area contributed by atoms with Crippen molar-refractivity contribution in [1.82, 2.24) is 0 Å². The molecule has 0 N–H and O–H groups in total. The molecule has 2 heterocycles. The Morgan fingerprint density at radius 1 is 1.31 bits per heavy atom. The molecule has 3 rings (SSSR count). The molecule has 0 aliphatic carbocycles. The van der Waals surface area contributed by atoms with Gasteiger partial charge in [-0.05, 0) is 31.0 Å². The molecular formula is C18H20ClF3N2O3S2. The van der Waals surface area contributed by atoms with Crippen LogP contribution in [0.2, 0.25) is 5.02 Å². The van der Waals surface area contributed by atoms with Crippen LogP contribution in [-0.2, 0) is 20.8 Å². The molecule has 0 saturated carbocycles. The first kappa shape index (κ1) is 22.4. The molecule has 1 amide bonds. The summed E-state index contributed by atoms with van der Waals surface area (Å²) in [6.07, 6.45) is -3.47. The number of nitrogens with zero attached hydrogens (tertiary/aromatic N) is 2. The van der Waals surface area contributed by atoms with Crippen molar-refractivity contribution in [2.45, 2.75) is 44.2 Å². The summed E-state index contributed by atoms with van der Waals surface area (Å²) in [5.41, 5.74) is -0.897. The monoisotopic (exact) mass is 468 g/mol. The second-order valence-corrected chi connectivity index (χ2v) is 10.8. The lowest BCUT2D eigenvalue weighted by Gasteiger charge is -2.26. The number of alkyl halides is 3. The van der Waals surface area contributed by atoms with Crippen LogP contribution in [0.4, 0.5) is 18.9 Å². The normalized spacial score (nSPS) is 25.1. The number of aliphatic imine (C=N–C) groups is 1. The molecule has 160 valence electrons. The number of fused-ring (bicyclic) bond motifs is 1. The zero-order valence-corrected chi connectivity index (χ0v) is 18.1. The number of carbonyl (C=O) groups is 1. The van der Waals surface area contributed by atoms with Gasteiger partial charge in [0.25, 0.3) is 5.91 Å². The second-order valence-electron chi connectivity index (χ2n) is 7.08. The maximum atomic E-state index is 13.3. The predicted molar refractivity (Wildman–Crippen MR) is 109 cm³/mol. The van der Waals surface area contributed by atoms with Crippen LogP contribution in [-0.4, -0.2) is 42.3 Å². The highest BCUT2D eigenvalue weighted by atomic mass is 35.5. The molecule has 0 radical (unpaired) electrons. The van der Waals surface area contributed by atoms with Gasteiger partial charge in [-0.2, -0.15) is 18.2 Å². The van der Waals surface area contributed by atoms with Crippen LogP contribution in [0.15, 0.2) is 23.2 Å². The molecular weight excluding hydrogens is 449 g/mol. The highest BCUT2D eigenvalue weighted by Gasteiger charge is 2.50. The predicted octanol–water partition coefficient (Wildman–Crippen LogP) is 4.40. The molecule has 2 unspecified atom stereocenters. The topological polar surface area (TPSA) is 66.8 Å². The molecule has 2 aliphatic rings. The zero-order chi connectivity index (χ0) is 21.6. The number of benzene rings is 1. The average molecular weight is 469 g/mol. The maximum Gasteiger partial charge on any atom is 0.417 e. The van der Waals surface area contributed by atoms with E-state index in [2.05, 4.69) is 4.99 Å². The van der Waals surface area contributed by atoms with E-state index in [4.69, 9.17) is 11.6 Å². The molecule has 1 aromatic carbocycles. The highest BCUT2D eigenvalue weighted by Crippen LogP contribution is 2.43. The number of hydrogen-bond donors (Lipinski definition) is 0. The molecule has 2 saturated heterocycles. The molecule has 29 heavy (non-hydrogen) atoms. The van der Waals surface area contributed by atoms with Gasteiger partial charge in [0.1, 0.15) is 0 Å². The molecule has 1 aromatic rings. The molecule has 0 spiro atoms. The minimum Gasteiger partial charge on any atom is -0.316 e. The van der Waals surface area contributed by atoms with E-state index in [1.165, 1.54) is 11.0 Å². The Morgan fingerprint density at radius 2 is 1.97 bits per heavy atom. The highest BCUT2D eigenvalue weighted by molar-refractivity contribution is 8.16. The first-order valence-corrected chi connectivity index (χ1v) is 12.2. The smallest absolute Gasteiger partial charge is 0.316 e. The van der Waals surface area contributed by atoms with Crippen molar-refractivity contribution in [3.05, 3.63) is 28.8 Å². The van der Waals surface area contributed by atoms with Crippen LogP contribution < -0.4 is 4.90 Å². The Balaban J connectivity index is 2.07. The van der Waals surface area contributed by atoms with Crippen LogP contribution in [0.5, 0.6) is 0 Å². The number of thioether (sulfide) groups is 1. The van der Waals surface area contributed by atoms with E-state index in [1.807, 2.05) is 13.8 Å². The lowest BCUT2D eigenvalue weighted by Crippen LogP contribution is -2.38. The third-order valence-electron chi connectivity index (χ3n) is 5.14. The van der Waals surface area contributed by atoms with Gasteiger partial charge in [-0.3, -0.25) is 4.79 Å². The zero-order valence-electron chi connectivity index (χ0n) is 15.7. The summed E-state index contributed by atoms with van der Waals surface area (Å²) in [5, 5.41) is -0.601. The number of hydrogen-bond acceptors (Lipinski definition) is 4. The van der Waals surface area contributed by atoms with Gasteiger partial charge in [0.2, 0.25) is 0 Å². The number of amides is 1. The molecule has 2 aliphatic heterocycles. The van der Waals surface area contributed by atoms with Gasteiger partial charge in [0.05, 0.1) is 28.1 Å². The van der Waals surface area contributed by atoms with Gasteiger partial charge in [0.15, 0.2) is 15.0 Å². The third kappa shape index (κ3) is 4.59. The van der Waals surface area contributed by atoms with Crippen LogP contribution in [0.25, 0.3) is 0 Å². The van der Waals surface area contributed by atoms with Crippen LogP contribution in [0, 0.1) is 5.92 Å². The van der Waals surface area contributed by atoms with Crippen molar-refractivity contribution in [3.8, 4) is 0 Å². The maximum absolute atomic E-state index is 13.3. The molecule has 11 heteroatoms. The van der Waals surface area contributed by atoms with Gasteiger partial charge in [-0.15, -0.1) is 0 Å². The fourth-order valence-corrected chi connectivity index (χ4v) is 7.71. The number of halogens is 4. The number of carbonyl (C=O) groups excluding carboxylic acids is 1. The first-order valence-electron chi connectivity index (χ1n) is 9.12. The van der Waals surface area contributed by atoms with Crippen LogP contribution >= 0.6 is 23.4 Å². The lowest BCUT2D eigenvalue weighted by molar-refractivity contribution is -0.137. The summed E-state index contributed by atoms with van der Waals surface area (Å²) >= 11 is 6.85. The van der Waals surface area contributed by atoms with Crippen molar-refractivity contribution in [1.29, 1.82) is 0 Å². The number of sulfone groups is 1.